The zero-order chi connectivity index (χ0) is 31.2. The van der Waals surface area contributed by atoms with Gasteiger partial charge >= 0.3 is 7.82 Å². The predicted molar refractivity (Wildman–Crippen MR) is 175 cm³/mol. The quantitative estimate of drug-likeness (QED) is 0.0350. The highest BCUT2D eigenvalue weighted by molar-refractivity contribution is 7.47. The van der Waals surface area contributed by atoms with Gasteiger partial charge < -0.3 is 21.1 Å². The average molecular weight is 617 g/mol. The van der Waals surface area contributed by atoms with Crippen LogP contribution < -0.4 is 11.1 Å². The van der Waals surface area contributed by atoms with E-state index in [2.05, 4.69) is 31.3 Å². The van der Waals surface area contributed by atoms with Crippen LogP contribution in [0.4, 0.5) is 0 Å². The number of unbranched alkanes of at least 4 members (excludes halogenated alkanes) is 17. The molecule has 0 aliphatic heterocycles. The number of rotatable bonds is 31. The van der Waals surface area contributed by atoms with E-state index in [1.807, 2.05) is 6.08 Å². The number of aliphatic hydroxyl groups is 1. The highest BCUT2D eigenvalue weighted by Gasteiger charge is 2.26. The van der Waals surface area contributed by atoms with Gasteiger partial charge in [-0.1, -0.05) is 134 Å². The number of phosphoric acid groups is 1. The third-order valence-electron chi connectivity index (χ3n) is 7.28. The van der Waals surface area contributed by atoms with E-state index in [1.54, 1.807) is 6.08 Å². The van der Waals surface area contributed by atoms with Crippen LogP contribution in [0.5, 0.6) is 0 Å². The molecule has 1 amide bonds. The number of carbonyl (C=O) groups is 1. The first-order valence-corrected chi connectivity index (χ1v) is 18.5. The minimum absolute atomic E-state index is 0.0752. The van der Waals surface area contributed by atoms with Crippen molar-refractivity contribution in [3.63, 3.8) is 0 Å². The van der Waals surface area contributed by atoms with Crippen molar-refractivity contribution < 1.29 is 28.4 Å². The van der Waals surface area contributed by atoms with Gasteiger partial charge in [-0.3, -0.25) is 13.8 Å². The lowest BCUT2D eigenvalue weighted by Gasteiger charge is -2.23. The molecule has 5 N–H and O–H groups in total. The summed E-state index contributed by atoms with van der Waals surface area (Å²) in [6.07, 6.45) is 30.8. The van der Waals surface area contributed by atoms with Gasteiger partial charge in [-0.15, -0.1) is 0 Å². The Hall–Kier alpha value is -1.02. The zero-order valence-corrected chi connectivity index (χ0v) is 27.9. The number of hydrogen-bond donors (Lipinski definition) is 4. The van der Waals surface area contributed by atoms with Crippen LogP contribution >= 0.6 is 7.82 Å². The van der Waals surface area contributed by atoms with E-state index in [-0.39, 0.29) is 25.7 Å². The topological polar surface area (TPSA) is 131 Å². The predicted octanol–water partition coefficient (Wildman–Crippen LogP) is 8.27. The van der Waals surface area contributed by atoms with Gasteiger partial charge in [0.1, 0.15) is 0 Å². The first kappa shape index (κ1) is 41.0. The Morgan fingerprint density at radius 1 is 0.762 bits per heavy atom. The molecule has 42 heavy (non-hydrogen) atoms. The highest BCUT2D eigenvalue weighted by atomic mass is 31.2. The molecule has 9 heteroatoms. The minimum atomic E-state index is -4.33. The molecular weight excluding hydrogens is 551 g/mol. The Balaban J connectivity index is 4.46. The maximum Gasteiger partial charge on any atom is 0.472 e. The van der Waals surface area contributed by atoms with Crippen molar-refractivity contribution in [2.75, 3.05) is 19.8 Å². The van der Waals surface area contributed by atoms with Gasteiger partial charge in [-0.2, -0.15) is 0 Å². The Morgan fingerprint density at radius 3 is 1.83 bits per heavy atom. The molecule has 0 fully saturated rings. The Kier molecular flexibility index (Phi) is 29.3. The van der Waals surface area contributed by atoms with E-state index in [9.17, 15) is 19.4 Å². The number of aliphatic hydroxyl groups excluding tert-OH is 1. The van der Waals surface area contributed by atoms with Crippen LogP contribution in [-0.2, 0) is 18.4 Å². The number of phosphoric ester groups is 1. The average Bonchev–Trinajstić information content (AvgIpc) is 2.97. The number of nitrogens with one attached hydrogen (secondary N) is 1. The van der Waals surface area contributed by atoms with Crippen molar-refractivity contribution in [2.45, 2.75) is 161 Å². The third-order valence-corrected chi connectivity index (χ3v) is 8.26. The monoisotopic (exact) mass is 616 g/mol. The van der Waals surface area contributed by atoms with Crippen LogP contribution in [0.1, 0.15) is 149 Å². The normalized spacial score (nSPS) is 14.9. The fourth-order valence-electron chi connectivity index (χ4n) is 4.67. The summed E-state index contributed by atoms with van der Waals surface area (Å²) in [5, 5.41) is 13.5. The molecule has 0 saturated carbocycles. The maximum absolute atomic E-state index is 12.6. The molecule has 0 aliphatic rings. The number of amides is 1. The Morgan fingerprint density at radius 2 is 1.26 bits per heavy atom. The number of nitrogens with two attached hydrogens (primary N) is 1. The van der Waals surface area contributed by atoms with Crippen LogP contribution in [0.25, 0.3) is 0 Å². The van der Waals surface area contributed by atoms with E-state index in [1.165, 1.54) is 89.9 Å². The third kappa shape index (κ3) is 27.8. The van der Waals surface area contributed by atoms with Crippen LogP contribution in [0.15, 0.2) is 24.3 Å². The summed E-state index contributed by atoms with van der Waals surface area (Å²) in [7, 11) is -4.33. The van der Waals surface area contributed by atoms with Gasteiger partial charge in [0.15, 0.2) is 0 Å². The van der Waals surface area contributed by atoms with Crippen LogP contribution in [-0.4, -0.2) is 47.8 Å². The molecule has 0 aromatic carbocycles. The van der Waals surface area contributed by atoms with Crippen molar-refractivity contribution in [1.29, 1.82) is 0 Å². The lowest BCUT2D eigenvalue weighted by Crippen LogP contribution is -2.45. The molecule has 0 aliphatic carbocycles. The van der Waals surface area contributed by atoms with Crippen LogP contribution in [0, 0.1) is 0 Å². The highest BCUT2D eigenvalue weighted by Crippen LogP contribution is 2.43. The summed E-state index contributed by atoms with van der Waals surface area (Å²) in [6, 6.07) is -0.869. The molecule has 0 rings (SSSR count). The number of hydrogen-bond acceptors (Lipinski definition) is 6. The molecule has 0 heterocycles. The van der Waals surface area contributed by atoms with Crippen LogP contribution in [0.3, 0.4) is 0 Å². The molecule has 0 bridgehead atoms. The molecule has 3 atom stereocenters. The second-order valence-electron chi connectivity index (χ2n) is 11.4. The number of carbonyl (C=O) groups excluding carboxylic acids is 1. The first-order chi connectivity index (χ1) is 20.4. The molecule has 8 nitrogen and oxygen atoms in total. The molecule has 3 unspecified atom stereocenters. The molecule has 0 aromatic heterocycles. The molecule has 0 radical (unpaired) electrons. The zero-order valence-electron chi connectivity index (χ0n) is 27.0. The maximum atomic E-state index is 12.6. The SMILES string of the molecule is CCCCCCCCC/C=C/CC/C=C/C(O)C(COP(=O)(O)OCCN)NC(=O)CCCCCCCCCCCC. The Labute approximate surface area is 257 Å². The lowest BCUT2D eigenvalue weighted by atomic mass is 10.1. The smallest absolute Gasteiger partial charge is 0.387 e. The summed E-state index contributed by atoms with van der Waals surface area (Å²) < 4.78 is 21.9. The van der Waals surface area contributed by atoms with E-state index in [4.69, 9.17) is 14.8 Å². The second-order valence-corrected chi connectivity index (χ2v) is 12.8. The van der Waals surface area contributed by atoms with E-state index >= 15 is 0 Å². The van der Waals surface area contributed by atoms with Gasteiger partial charge in [-0.05, 0) is 32.1 Å². The van der Waals surface area contributed by atoms with Crippen molar-refractivity contribution in [1.82, 2.24) is 5.32 Å². The summed E-state index contributed by atoms with van der Waals surface area (Å²) in [6.45, 7) is 4.06. The molecular formula is C33H65N2O6P. The van der Waals surface area contributed by atoms with E-state index < -0.39 is 20.0 Å². The van der Waals surface area contributed by atoms with Crippen molar-refractivity contribution in [2.24, 2.45) is 5.73 Å². The lowest BCUT2D eigenvalue weighted by molar-refractivity contribution is -0.123. The van der Waals surface area contributed by atoms with Crippen molar-refractivity contribution in [3.05, 3.63) is 24.3 Å². The fraction of sp³-hybridized carbons (Fsp3) is 0.848. The summed E-state index contributed by atoms with van der Waals surface area (Å²) in [5.74, 6) is -0.209. The minimum Gasteiger partial charge on any atom is -0.387 e. The van der Waals surface area contributed by atoms with Crippen molar-refractivity contribution in [3.8, 4) is 0 Å². The van der Waals surface area contributed by atoms with Gasteiger partial charge in [0.05, 0.1) is 25.4 Å². The molecule has 0 saturated heterocycles. The van der Waals surface area contributed by atoms with Gasteiger partial charge in [-0.25, -0.2) is 4.57 Å². The fourth-order valence-corrected chi connectivity index (χ4v) is 5.43. The standard InChI is InChI=1S/C33H65N2O6P/c1-3-5-7-9-11-13-15-16-17-18-20-22-24-26-32(36)31(30-41-42(38,39)40-29-28-34)35-33(37)27-25-23-21-19-14-12-10-8-6-4-2/h17-18,24,26,31-32,36H,3-16,19-23,25,27-30,34H2,1-2H3,(H,35,37)(H,38,39)/b18-17+,26-24+. The summed E-state index contributed by atoms with van der Waals surface area (Å²) >= 11 is 0. The number of allylic oxidation sites excluding steroid dienone is 3. The van der Waals surface area contributed by atoms with Gasteiger partial charge in [0, 0.05) is 13.0 Å². The van der Waals surface area contributed by atoms with Crippen LogP contribution in [0.2, 0.25) is 0 Å². The van der Waals surface area contributed by atoms with Gasteiger partial charge in [0.2, 0.25) is 5.91 Å². The van der Waals surface area contributed by atoms with Gasteiger partial charge in [0.25, 0.3) is 0 Å². The second kappa shape index (κ2) is 30.0. The molecule has 0 aromatic rings. The Bertz CT molecular complexity index is 719. The molecule has 248 valence electrons. The van der Waals surface area contributed by atoms with E-state index in [0.29, 0.717) is 6.42 Å². The largest absolute Gasteiger partial charge is 0.472 e. The summed E-state index contributed by atoms with van der Waals surface area (Å²) in [4.78, 5) is 22.4. The van der Waals surface area contributed by atoms with Crippen molar-refractivity contribution >= 4 is 13.7 Å². The van der Waals surface area contributed by atoms with E-state index in [0.717, 1.165) is 38.5 Å². The summed E-state index contributed by atoms with van der Waals surface area (Å²) in [5.41, 5.74) is 5.33. The molecule has 0 spiro atoms. The first-order valence-electron chi connectivity index (χ1n) is 17.0.